The first-order valence-corrected chi connectivity index (χ1v) is 9.16. The van der Waals surface area contributed by atoms with Gasteiger partial charge in [-0.1, -0.05) is 56.3 Å². The van der Waals surface area contributed by atoms with E-state index in [0.29, 0.717) is 18.1 Å². The number of carbonyl (C=O) groups is 1. The van der Waals surface area contributed by atoms with Gasteiger partial charge < -0.3 is 14.5 Å². The number of hydrogen-bond acceptors (Lipinski definition) is 3. The molecule has 27 heavy (non-hydrogen) atoms. The lowest BCUT2D eigenvalue weighted by atomic mass is 9.78. The van der Waals surface area contributed by atoms with E-state index in [9.17, 15) is 4.79 Å². The summed E-state index contributed by atoms with van der Waals surface area (Å²) in [5, 5.41) is 2.71. The van der Waals surface area contributed by atoms with Crippen molar-refractivity contribution in [1.29, 1.82) is 0 Å². The zero-order valence-electron chi connectivity index (χ0n) is 16.0. The maximum Gasteiger partial charge on any atom is 0.286 e. The second-order valence-corrected chi connectivity index (χ2v) is 6.93. The van der Waals surface area contributed by atoms with E-state index in [4.69, 9.17) is 9.15 Å². The van der Waals surface area contributed by atoms with E-state index < -0.39 is 0 Å². The molecular weight excluding hydrogens is 338 g/mol. The molecule has 1 amide bonds. The third-order valence-corrected chi connectivity index (χ3v) is 4.68. The number of hydrogen-bond donors (Lipinski definition) is 1. The van der Waals surface area contributed by atoms with Gasteiger partial charge in [0, 0.05) is 12.0 Å². The largest absolute Gasteiger partial charge is 0.486 e. The van der Waals surface area contributed by atoms with Crippen LogP contribution in [0, 0.1) is 0 Å². The minimum Gasteiger partial charge on any atom is -0.486 e. The van der Waals surface area contributed by atoms with Crippen molar-refractivity contribution in [2.75, 3.05) is 6.54 Å². The number of carbonyl (C=O) groups excluding carboxylic acids is 1. The summed E-state index contributed by atoms with van der Waals surface area (Å²) in [6.07, 6.45) is 0. The Morgan fingerprint density at radius 1 is 0.963 bits per heavy atom. The van der Waals surface area contributed by atoms with E-state index >= 15 is 0 Å². The van der Waals surface area contributed by atoms with E-state index in [0.717, 1.165) is 5.75 Å². The van der Waals surface area contributed by atoms with E-state index in [1.807, 2.05) is 25.1 Å². The zero-order chi connectivity index (χ0) is 19.3. The lowest BCUT2D eigenvalue weighted by molar-refractivity contribution is 0.0924. The molecule has 0 saturated carbocycles. The van der Waals surface area contributed by atoms with Gasteiger partial charge in [0.15, 0.2) is 5.76 Å². The van der Waals surface area contributed by atoms with Crippen LogP contribution < -0.4 is 10.1 Å². The number of nitrogens with one attached hydrogen (secondary N) is 1. The second-order valence-electron chi connectivity index (χ2n) is 6.93. The normalized spacial score (nSPS) is 11.2. The van der Waals surface area contributed by atoms with Crippen molar-refractivity contribution in [3.63, 3.8) is 0 Å². The summed E-state index contributed by atoms with van der Waals surface area (Å²) in [4.78, 5) is 11.7. The summed E-state index contributed by atoms with van der Waals surface area (Å²) >= 11 is 0. The van der Waals surface area contributed by atoms with E-state index in [2.05, 4.69) is 55.6 Å². The summed E-state index contributed by atoms with van der Waals surface area (Å²) in [5.74, 6) is 1.47. The Hall–Kier alpha value is -3.01. The first-order valence-electron chi connectivity index (χ1n) is 9.16. The van der Waals surface area contributed by atoms with Crippen molar-refractivity contribution in [2.24, 2.45) is 0 Å². The van der Waals surface area contributed by atoms with Crippen LogP contribution in [0.15, 0.2) is 71.1 Å². The highest BCUT2D eigenvalue weighted by atomic mass is 16.5. The standard InChI is InChI=1S/C23H25NO3/c1-4-24-22(25)21-15-14-20(27-21)16-26-19-12-10-18(11-13-19)23(2,3)17-8-6-5-7-9-17/h5-15H,4,16H2,1-3H3,(H,24,25). The third-order valence-electron chi connectivity index (χ3n) is 4.68. The Labute approximate surface area is 160 Å². The average molecular weight is 363 g/mol. The molecule has 4 heteroatoms. The van der Waals surface area contributed by atoms with Crippen LogP contribution in [0.2, 0.25) is 0 Å². The highest BCUT2D eigenvalue weighted by Gasteiger charge is 2.22. The Morgan fingerprint density at radius 2 is 1.63 bits per heavy atom. The molecule has 2 aromatic carbocycles. The summed E-state index contributed by atoms with van der Waals surface area (Å²) in [7, 11) is 0. The molecule has 140 valence electrons. The van der Waals surface area contributed by atoms with Crippen LogP contribution in [0.5, 0.6) is 5.75 Å². The van der Waals surface area contributed by atoms with Gasteiger partial charge in [-0.2, -0.15) is 0 Å². The lowest BCUT2D eigenvalue weighted by Gasteiger charge is -2.26. The maximum atomic E-state index is 11.7. The average Bonchev–Trinajstić information content (AvgIpc) is 3.17. The molecular formula is C23H25NO3. The molecule has 4 nitrogen and oxygen atoms in total. The molecule has 1 N–H and O–H groups in total. The van der Waals surface area contributed by atoms with E-state index in [1.54, 1.807) is 12.1 Å². The van der Waals surface area contributed by atoms with Gasteiger partial charge in [0.05, 0.1) is 0 Å². The molecule has 0 aliphatic heterocycles. The Bertz CT molecular complexity index is 880. The van der Waals surface area contributed by atoms with Crippen LogP contribution in [0.3, 0.4) is 0 Å². The van der Waals surface area contributed by atoms with Gasteiger partial charge in [0.1, 0.15) is 18.1 Å². The van der Waals surface area contributed by atoms with Crippen LogP contribution in [0.25, 0.3) is 0 Å². The van der Waals surface area contributed by atoms with Gasteiger partial charge in [-0.05, 0) is 42.3 Å². The molecule has 0 spiro atoms. The summed E-state index contributed by atoms with van der Waals surface area (Å²) in [5.41, 5.74) is 2.41. The molecule has 0 saturated heterocycles. The summed E-state index contributed by atoms with van der Waals surface area (Å²) in [6, 6.07) is 22.0. The minimum atomic E-state index is -0.212. The monoisotopic (exact) mass is 363 g/mol. The Kier molecular flexibility index (Phi) is 5.65. The highest BCUT2D eigenvalue weighted by molar-refractivity contribution is 5.91. The fraction of sp³-hybridized carbons (Fsp3) is 0.261. The molecule has 1 aromatic heterocycles. The number of furan rings is 1. The highest BCUT2D eigenvalue weighted by Crippen LogP contribution is 2.32. The molecule has 3 aromatic rings. The fourth-order valence-electron chi connectivity index (χ4n) is 2.97. The van der Waals surface area contributed by atoms with Gasteiger partial charge in [-0.3, -0.25) is 4.79 Å². The molecule has 0 aliphatic carbocycles. The smallest absolute Gasteiger partial charge is 0.286 e. The van der Waals surface area contributed by atoms with Crippen molar-refractivity contribution in [2.45, 2.75) is 32.8 Å². The third kappa shape index (κ3) is 4.40. The Balaban J connectivity index is 1.64. The first-order chi connectivity index (χ1) is 13.0. The lowest BCUT2D eigenvalue weighted by Crippen LogP contribution is -2.21. The predicted molar refractivity (Wildman–Crippen MR) is 106 cm³/mol. The molecule has 1 heterocycles. The molecule has 0 bridgehead atoms. The molecule has 0 aliphatic rings. The van der Waals surface area contributed by atoms with Gasteiger partial charge in [0.25, 0.3) is 5.91 Å². The van der Waals surface area contributed by atoms with Crippen LogP contribution in [0.1, 0.15) is 48.2 Å². The van der Waals surface area contributed by atoms with Crippen LogP contribution in [0.4, 0.5) is 0 Å². The first kappa shape index (κ1) is 18.8. The van der Waals surface area contributed by atoms with E-state index in [1.165, 1.54) is 11.1 Å². The topological polar surface area (TPSA) is 51.5 Å². The molecule has 3 rings (SSSR count). The van der Waals surface area contributed by atoms with Crippen molar-refractivity contribution < 1.29 is 13.9 Å². The number of amides is 1. The van der Waals surface area contributed by atoms with Crippen molar-refractivity contribution in [1.82, 2.24) is 5.32 Å². The zero-order valence-corrected chi connectivity index (χ0v) is 16.0. The maximum absolute atomic E-state index is 11.7. The van der Waals surface area contributed by atoms with Crippen molar-refractivity contribution in [3.8, 4) is 5.75 Å². The molecule has 0 atom stereocenters. The molecule has 0 unspecified atom stereocenters. The molecule has 0 radical (unpaired) electrons. The Morgan fingerprint density at radius 3 is 2.30 bits per heavy atom. The minimum absolute atomic E-state index is 0.0810. The van der Waals surface area contributed by atoms with Gasteiger partial charge >= 0.3 is 0 Å². The van der Waals surface area contributed by atoms with Crippen LogP contribution >= 0.6 is 0 Å². The summed E-state index contributed by atoms with van der Waals surface area (Å²) in [6.45, 7) is 7.14. The number of benzene rings is 2. The van der Waals surface area contributed by atoms with Crippen molar-refractivity contribution in [3.05, 3.63) is 89.4 Å². The van der Waals surface area contributed by atoms with Crippen LogP contribution in [-0.4, -0.2) is 12.5 Å². The van der Waals surface area contributed by atoms with Gasteiger partial charge in [-0.15, -0.1) is 0 Å². The number of rotatable bonds is 7. The van der Waals surface area contributed by atoms with E-state index in [-0.39, 0.29) is 17.9 Å². The van der Waals surface area contributed by atoms with Crippen molar-refractivity contribution >= 4 is 5.91 Å². The molecule has 0 fully saturated rings. The summed E-state index contributed by atoms with van der Waals surface area (Å²) < 4.78 is 11.3. The van der Waals surface area contributed by atoms with Crippen LogP contribution in [-0.2, 0) is 12.0 Å². The number of ether oxygens (including phenoxy) is 1. The quantitative estimate of drug-likeness (QED) is 0.647. The predicted octanol–water partition coefficient (Wildman–Crippen LogP) is 4.93. The second kappa shape index (κ2) is 8.12. The fourth-order valence-corrected chi connectivity index (χ4v) is 2.97. The SMILES string of the molecule is CCNC(=O)c1ccc(COc2ccc(C(C)(C)c3ccccc3)cc2)o1. The van der Waals surface area contributed by atoms with Gasteiger partial charge in [-0.25, -0.2) is 0 Å². The van der Waals surface area contributed by atoms with Gasteiger partial charge in [0.2, 0.25) is 0 Å².